The Morgan fingerprint density at radius 1 is 0.278 bits per heavy atom. The predicted octanol–water partition coefficient (Wildman–Crippen LogP) is 12.6. The van der Waals surface area contributed by atoms with Crippen molar-refractivity contribution in [2.75, 3.05) is 26.2 Å². The van der Waals surface area contributed by atoms with Crippen molar-refractivity contribution in [3.63, 3.8) is 0 Å². The van der Waals surface area contributed by atoms with Crippen molar-refractivity contribution in [1.82, 2.24) is 0 Å². The molecular weight excluding hydrogens is 592 g/mol. The molecule has 0 bridgehead atoms. The van der Waals surface area contributed by atoms with Crippen molar-refractivity contribution in [2.45, 2.75) is 182 Å². The molecule has 0 aromatic carbocycles. The summed E-state index contributed by atoms with van der Waals surface area (Å²) in [4.78, 5) is 0. The Labute approximate surface area is 269 Å². The first kappa shape index (κ1) is 44.6. The van der Waals surface area contributed by atoms with Crippen LogP contribution in [0.1, 0.15) is 182 Å². The summed E-state index contributed by atoms with van der Waals surface area (Å²) in [5.74, 6) is 0. The zero-order valence-electron chi connectivity index (χ0n) is 25.6. The van der Waals surface area contributed by atoms with Crippen LogP contribution in [0.15, 0.2) is 0 Å². The normalized spacial score (nSPS) is 10.3. The second kappa shape index (κ2) is 46.4. The van der Waals surface area contributed by atoms with E-state index in [1.807, 2.05) is 0 Å². The SMILES string of the molecule is CCCCCCCC[N-]CCCCCCCC.CCCCCCCC[N-]CCCCCCCC.Cl.[Nd]. The molecule has 0 aliphatic rings. The summed E-state index contributed by atoms with van der Waals surface area (Å²) >= 11 is 0. The maximum absolute atomic E-state index is 4.61. The molecule has 0 fully saturated rings. The van der Waals surface area contributed by atoms with E-state index < -0.39 is 0 Å². The van der Waals surface area contributed by atoms with Crippen LogP contribution in [0.4, 0.5) is 0 Å². The van der Waals surface area contributed by atoms with Crippen LogP contribution < -0.4 is 0 Å². The van der Waals surface area contributed by atoms with Crippen molar-refractivity contribution in [1.29, 1.82) is 0 Å². The minimum Gasteiger partial charge on any atom is -0.662 e. The molecule has 0 aliphatic carbocycles. The van der Waals surface area contributed by atoms with Gasteiger partial charge in [-0.1, -0.05) is 182 Å². The Balaban J connectivity index is -0.000000269. The van der Waals surface area contributed by atoms with Gasteiger partial charge in [-0.15, -0.1) is 38.6 Å². The second-order valence-electron chi connectivity index (χ2n) is 10.4. The topological polar surface area (TPSA) is 28.2 Å². The molecule has 2 nitrogen and oxygen atoms in total. The van der Waals surface area contributed by atoms with Crippen LogP contribution in [-0.2, 0) is 0 Å². The molecule has 0 radical (unpaired) electrons. The summed E-state index contributed by atoms with van der Waals surface area (Å²) in [6, 6.07) is 0. The molecular formula is C32H69ClN2Nd-2. The van der Waals surface area contributed by atoms with E-state index in [2.05, 4.69) is 38.3 Å². The van der Waals surface area contributed by atoms with Crippen molar-refractivity contribution in [3.8, 4) is 0 Å². The van der Waals surface area contributed by atoms with E-state index in [4.69, 9.17) is 0 Å². The van der Waals surface area contributed by atoms with Gasteiger partial charge in [0.2, 0.25) is 0 Å². The molecule has 36 heavy (non-hydrogen) atoms. The third-order valence-corrected chi connectivity index (χ3v) is 6.68. The summed E-state index contributed by atoms with van der Waals surface area (Å²) in [5.41, 5.74) is 0. The van der Waals surface area contributed by atoms with Crippen LogP contribution in [-0.4, -0.2) is 26.2 Å². The molecule has 0 spiro atoms. The Hall–Kier alpha value is 1.56. The third-order valence-electron chi connectivity index (χ3n) is 6.68. The molecule has 0 N–H and O–H groups in total. The smallest absolute Gasteiger partial charge is 0 e. The summed E-state index contributed by atoms with van der Waals surface area (Å²) in [6.45, 7) is 13.5. The Bertz CT molecular complexity index is 261. The molecule has 0 heterocycles. The van der Waals surface area contributed by atoms with E-state index >= 15 is 0 Å². The zero-order valence-corrected chi connectivity index (χ0v) is 29.6. The van der Waals surface area contributed by atoms with Gasteiger partial charge >= 0.3 is 0 Å². The number of unbranched alkanes of at least 4 members (excludes halogenated alkanes) is 20. The molecule has 0 saturated carbocycles. The second-order valence-corrected chi connectivity index (χ2v) is 10.4. The fourth-order valence-electron chi connectivity index (χ4n) is 4.24. The average Bonchev–Trinajstić information content (AvgIpc) is 2.85. The van der Waals surface area contributed by atoms with Crippen molar-refractivity contribution < 1.29 is 40.8 Å². The zero-order chi connectivity index (χ0) is 25.2. The molecule has 0 aliphatic heterocycles. The average molecular weight is 662 g/mol. The molecule has 0 rings (SSSR count). The maximum Gasteiger partial charge on any atom is 0 e. The standard InChI is InChI=1S/2C16H34N.ClH.Nd/c2*1-3-5-7-9-11-13-15-17-16-14-12-10-8-6-4-2;;/h2*3-16H2,1-2H3;1H;/q2*-1;;. The van der Waals surface area contributed by atoms with Gasteiger partial charge in [0, 0.05) is 40.8 Å². The predicted molar refractivity (Wildman–Crippen MR) is 167 cm³/mol. The van der Waals surface area contributed by atoms with Crippen LogP contribution in [0, 0.1) is 40.8 Å². The Morgan fingerprint density at radius 3 is 0.639 bits per heavy atom. The largest absolute Gasteiger partial charge is 0.662 e. The summed E-state index contributed by atoms with van der Waals surface area (Å²) in [5, 5.41) is 9.21. The van der Waals surface area contributed by atoms with Gasteiger partial charge in [-0.3, -0.25) is 0 Å². The van der Waals surface area contributed by atoms with Gasteiger partial charge in [0.15, 0.2) is 0 Å². The van der Waals surface area contributed by atoms with E-state index in [0.29, 0.717) is 0 Å². The van der Waals surface area contributed by atoms with E-state index in [0.717, 1.165) is 26.2 Å². The Kier molecular flexibility index (Phi) is 57.5. The fraction of sp³-hybridized carbons (Fsp3) is 1.00. The molecule has 220 valence electrons. The molecule has 4 heteroatoms. The number of halogens is 1. The molecule has 0 atom stereocenters. The monoisotopic (exact) mass is 658 g/mol. The molecule has 0 aromatic heterocycles. The number of hydrogen-bond acceptors (Lipinski definition) is 0. The van der Waals surface area contributed by atoms with Gasteiger partial charge in [0.05, 0.1) is 0 Å². The quantitative estimate of drug-likeness (QED) is 0.0747. The van der Waals surface area contributed by atoms with Crippen LogP contribution in [0.5, 0.6) is 0 Å². The molecule has 0 saturated heterocycles. The first-order valence-electron chi connectivity index (χ1n) is 16.1. The van der Waals surface area contributed by atoms with Crippen LogP contribution in [0.2, 0.25) is 0 Å². The summed E-state index contributed by atoms with van der Waals surface area (Å²) in [6.07, 6.45) is 33.2. The van der Waals surface area contributed by atoms with Crippen LogP contribution >= 0.6 is 12.4 Å². The van der Waals surface area contributed by atoms with Crippen molar-refractivity contribution >= 4 is 12.4 Å². The van der Waals surface area contributed by atoms with E-state index in [1.165, 1.54) is 154 Å². The molecule has 0 unspecified atom stereocenters. The summed E-state index contributed by atoms with van der Waals surface area (Å²) < 4.78 is 0. The Morgan fingerprint density at radius 2 is 0.444 bits per heavy atom. The van der Waals surface area contributed by atoms with Gasteiger partial charge in [-0.25, -0.2) is 0 Å². The van der Waals surface area contributed by atoms with Crippen LogP contribution in [0.25, 0.3) is 10.6 Å². The van der Waals surface area contributed by atoms with Gasteiger partial charge in [-0.05, 0) is 0 Å². The van der Waals surface area contributed by atoms with E-state index in [-0.39, 0.29) is 53.2 Å². The van der Waals surface area contributed by atoms with Gasteiger partial charge in [0.25, 0.3) is 0 Å². The van der Waals surface area contributed by atoms with Crippen molar-refractivity contribution in [3.05, 3.63) is 10.6 Å². The minimum atomic E-state index is 0. The van der Waals surface area contributed by atoms with Crippen LogP contribution in [0.3, 0.4) is 0 Å². The van der Waals surface area contributed by atoms with Crippen molar-refractivity contribution in [2.24, 2.45) is 0 Å². The van der Waals surface area contributed by atoms with Gasteiger partial charge in [0.1, 0.15) is 0 Å². The molecule has 0 aromatic rings. The number of rotatable bonds is 28. The maximum atomic E-state index is 4.61. The van der Waals surface area contributed by atoms with Gasteiger partial charge < -0.3 is 10.6 Å². The fourth-order valence-corrected chi connectivity index (χ4v) is 4.24. The third kappa shape index (κ3) is 48.6. The number of hydrogen-bond donors (Lipinski definition) is 0. The van der Waals surface area contributed by atoms with Gasteiger partial charge in [-0.2, -0.15) is 0 Å². The first-order valence-corrected chi connectivity index (χ1v) is 16.1. The summed E-state index contributed by atoms with van der Waals surface area (Å²) in [7, 11) is 0. The number of nitrogens with zero attached hydrogens (tertiary/aromatic N) is 2. The molecule has 0 amide bonds. The van der Waals surface area contributed by atoms with E-state index in [9.17, 15) is 0 Å². The first-order chi connectivity index (χ1) is 16.8. The van der Waals surface area contributed by atoms with E-state index in [1.54, 1.807) is 0 Å². The minimum absolute atomic E-state index is 0.